The fraction of sp³-hybridized carbons (Fsp3) is 0.0909. The summed E-state index contributed by atoms with van der Waals surface area (Å²) in [5, 5.41) is 25.8. The first-order chi connectivity index (χ1) is 9.90. The van der Waals surface area contributed by atoms with Crippen LogP contribution in [0.5, 0.6) is 0 Å². The van der Waals surface area contributed by atoms with Crippen molar-refractivity contribution in [1.29, 1.82) is 0 Å². The number of hydrogen-bond acceptors (Lipinski definition) is 7. The Labute approximate surface area is 117 Å². The molecule has 10 heteroatoms. The lowest BCUT2D eigenvalue weighted by molar-refractivity contribution is -0.394. The molecule has 1 heterocycles. The van der Waals surface area contributed by atoms with Crippen molar-refractivity contribution in [2.45, 2.75) is 6.92 Å². The molecule has 2 rings (SSSR count). The summed E-state index contributed by atoms with van der Waals surface area (Å²) in [6, 6.07) is 3.57. The fourth-order valence-corrected chi connectivity index (χ4v) is 1.71. The van der Waals surface area contributed by atoms with Crippen LogP contribution in [0.25, 0.3) is 0 Å². The van der Waals surface area contributed by atoms with Crippen LogP contribution in [-0.4, -0.2) is 25.7 Å². The van der Waals surface area contributed by atoms with Crippen LogP contribution in [0.1, 0.15) is 11.3 Å². The fourth-order valence-electron chi connectivity index (χ4n) is 1.71. The first kappa shape index (κ1) is 14.1. The van der Waals surface area contributed by atoms with Crippen molar-refractivity contribution in [2.75, 3.05) is 5.73 Å². The Morgan fingerprint density at radius 2 is 1.86 bits per heavy atom. The number of nitro groups is 2. The van der Waals surface area contributed by atoms with Gasteiger partial charge >= 0.3 is 0 Å². The Morgan fingerprint density at radius 1 is 1.29 bits per heavy atom. The molecule has 0 spiro atoms. The SMILES string of the molecule is Cc1cn(N=Cc2c([N+](=O)[O-])cccc2[N+](=O)[O-])c(N)n1. The van der Waals surface area contributed by atoms with E-state index in [2.05, 4.69) is 10.1 Å². The molecule has 0 unspecified atom stereocenters. The lowest BCUT2D eigenvalue weighted by atomic mass is 10.1. The number of aryl methyl sites for hydroxylation is 1. The molecule has 0 aliphatic heterocycles. The summed E-state index contributed by atoms with van der Waals surface area (Å²) in [5.41, 5.74) is 5.13. The zero-order chi connectivity index (χ0) is 15.6. The maximum Gasteiger partial charge on any atom is 0.285 e. The van der Waals surface area contributed by atoms with Gasteiger partial charge in [-0.25, -0.2) is 9.66 Å². The zero-order valence-corrected chi connectivity index (χ0v) is 10.8. The number of hydrogen-bond donors (Lipinski definition) is 1. The highest BCUT2D eigenvalue weighted by Crippen LogP contribution is 2.26. The van der Waals surface area contributed by atoms with E-state index >= 15 is 0 Å². The van der Waals surface area contributed by atoms with E-state index in [-0.39, 0.29) is 11.5 Å². The van der Waals surface area contributed by atoms with Crippen molar-refractivity contribution in [3.63, 3.8) is 0 Å². The van der Waals surface area contributed by atoms with Crippen LogP contribution in [0.15, 0.2) is 29.5 Å². The smallest absolute Gasteiger partial charge is 0.285 e. The van der Waals surface area contributed by atoms with Crippen molar-refractivity contribution in [2.24, 2.45) is 5.10 Å². The average molecular weight is 290 g/mol. The molecule has 0 atom stereocenters. The van der Waals surface area contributed by atoms with E-state index in [0.717, 1.165) is 18.3 Å². The van der Waals surface area contributed by atoms with Crippen molar-refractivity contribution >= 4 is 23.5 Å². The second-order valence-electron chi connectivity index (χ2n) is 4.05. The highest BCUT2D eigenvalue weighted by molar-refractivity contribution is 5.90. The number of benzene rings is 1. The first-order valence-electron chi connectivity index (χ1n) is 5.67. The molecule has 0 aliphatic rings. The maximum atomic E-state index is 11.0. The summed E-state index contributed by atoms with van der Waals surface area (Å²) in [6.45, 7) is 1.69. The lowest BCUT2D eigenvalue weighted by Crippen LogP contribution is -2.02. The van der Waals surface area contributed by atoms with Gasteiger partial charge in [0.05, 0.1) is 28.0 Å². The molecule has 0 bridgehead atoms. The molecule has 0 aliphatic carbocycles. The van der Waals surface area contributed by atoms with Gasteiger partial charge in [0.25, 0.3) is 11.4 Å². The van der Waals surface area contributed by atoms with Gasteiger partial charge in [0, 0.05) is 12.1 Å². The molecule has 21 heavy (non-hydrogen) atoms. The Kier molecular flexibility index (Phi) is 3.61. The van der Waals surface area contributed by atoms with E-state index < -0.39 is 21.2 Å². The number of rotatable bonds is 4. The summed E-state index contributed by atoms with van der Waals surface area (Å²) in [5.74, 6) is 0.0741. The van der Waals surface area contributed by atoms with E-state index in [1.165, 1.54) is 16.9 Å². The minimum absolute atomic E-state index is 0.0741. The minimum atomic E-state index is -0.711. The van der Waals surface area contributed by atoms with Crippen LogP contribution in [0.3, 0.4) is 0 Å². The first-order valence-corrected chi connectivity index (χ1v) is 5.67. The van der Waals surface area contributed by atoms with Crippen LogP contribution < -0.4 is 5.73 Å². The number of nitrogens with zero attached hydrogens (tertiary/aromatic N) is 5. The molecule has 0 radical (unpaired) electrons. The Morgan fingerprint density at radius 3 is 2.29 bits per heavy atom. The van der Waals surface area contributed by atoms with Gasteiger partial charge in [-0.05, 0) is 13.0 Å². The van der Waals surface area contributed by atoms with Gasteiger partial charge < -0.3 is 5.73 Å². The molecule has 2 N–H and O–H groups in total. The zero-order valence-electron chi connectivity index (χ0n) is 10.8. The molecule has 0 saturated heterocycles. The van der Waals surface area contributed by atoms with Crippen LogP contribution in [0.2, 0.25) is 0 Å². The van der Waals surface area contributed by atoms with Crippen LogP contribution in [0, 0.1) is 27.2 Å². The Bertz CT molecular complexity index is 719. The Balaban J connectivity index is 2.54. The summed E-state index contributed by atoms with van der Waals surface area (Å²) in [6.07, 6.45) is 2.51. The number of nitrogen functional groups attached to an aromatic ring is 1. The van der Waals surface area contributed by atoms with Gasteiger partial charge in [-0.3, -0.25) is 20.2 Å². The third kappa shape index (κ3) is 2.83. The molecule has 0 saturated carbocycles. The van der Waals surface area contributed by atoms with Crippen molar-refractivity contribution in [1.82, 2.24) is 9.66 Å². The molecule has 0 amide bonds. The molecule has 10 nitrogen and oxygen atoms in total. The van der Waals surface area contributed by atoms with E-state index in [1.54, 1.807) is 6.92 Å². The number of imidazole rings is 1. The number of nitro benzene ring substituents is 2. The van der Waals surface area contributed by atoms with Crippen molar-refractivity contribution in [3.8, 4) is 0 Å². The summed E-state index contributed by atoms with van der Waals surface area (Å²) in [4.78, 5) is 24.4. The molecule has 0 fully saturated rings. The minimum Gasteiger partial charge on any atom is -0.368 e. The third-order valence-electron chi connectivity index (χ3n) is 2.60. The van der Waals surface area contributed by atoms with Crippen LogP contribution >= 0.6 is 0 Å². The summed E-state index contributed by atoms with van der Waals surface area (Å²) >= 11 is 0. The van der Waals surface area contributed by atoms with Gasteiger partial charge in [0.15, 0.2) is 0 Å². The van der Waals surface area contributed by atoms with Gasteiger partial charge in [0.2, 0.25) is 5.95 Å². The highest BCUT2D eigenvalue weighted by atomic mass is 16.6. The monoisotopic (exact) mass is 290 g/mol. The second kappa shape index (κ2) is 5.36. The Hall–Kier alpha value is -3.30. The van der Waals surface area contributed by atoms with Gasteiger partial charge in [-0.2, -0.15) is 5.10 Å². The average Bonchev–Trinajstić information content (AvgIpc) is 2.73. The number of aromatic nitrogens is 2. The summed E-state index contributed by atoms with van der Waals surface area (Å²) in [7, 11) is 0. The standard InChI is InChI=1S/C11H10N6O4/c1-7-6-15(11(12)14-7)13-5-8-9(16(18)19)3-2-4-10(8)17(20)21/h2-6H,1H3,(H2,12,14). The van der Waals surface area contributed by atoms with Crippen molar-refractivity contribution in [3.05, 3.63) is 55.9 Å². The van der Waals surface area contributed by atoms with E-state index in [1.807, 2.05) is 0 Å². The summed E-state index contributed by atoms with van der Waals surface area (Å²) < 4.78 is 1.18. The maximum absolute atomic E-state index is 11.0. The lowest BCUT2D eigenvalue weighted by Gasteiger charge is -1.99. The third-order valence-corrected chi connectivity index (χ3v) is 2.60. The largest absolute Gasteiger partial charge is 0.368 e. The number of anilines is 1. The normalized spacial score (nSPS) is 10.9. The predicted octanol–water partition coefficient (Wildman–Crippen LogP) is 1.47. The molecule has 1 aromatic heterocycles. The van der Waals surface area contributed by atoms with Gasteiger partial charge in [0.1, 0.15) is 5.56 Å². The second-order valence-corrected chi connectivity index (χ2v) is 4.05. The topological polar surface area (TPSA) is 142 Å². The van der Waals surface area contributed by atoms with E-state index in [4.69, 9.17) is 5.73 Å². The van der Waals surface area contributed by atoms with E-state index in [0.29, 0.717) is 5.69 Å². The molecule has 108 valence electrons. The quantitative estimate of drug-likeness (QED) is 0.513. The van der Waals surface area contributed by atoms with Crippen molar-refractivity contribution < 1.29 is 9.85 Å². The highest BCUT2D eigenvalue weighted by Gasteiger charge is 2.23. The van der Waals surface area contributed by atoms with Crippen LogP contribution in [0.4, 0.5) is 17.3 Å². The van der Waals surface area contributed by atoms with Crippen LogP contribution in [-0.2, 0) is 0 Å². The predicted molar refractivity (Wildman–Crippen MR) is 74.1 cm³/mol. The van der Waals surface area contributed by atoms with Gasteiger partial charge in [-0.1, -0.05) is 0 Å². The molecular weight excluding hydrogens is 280 g/mol. The molecular formula is C11H10N6O4. The molecule has 2 aromatic rings. The van der Waals surface area contributed by atoms with Gasteiger partial charge in [-0.15, -0.1) is 0 Å². The number of nitrogens with two attached hydrogens (primary N) is 1. The molecule has 1 aromatic carbocycles. The van der Waals surface area contributed by atoms with E-state index in [9.17, 15) is 20.2 Å².